The molecule has 1 aromatic rings. The van der Waals surface area contributed by atoms with Crippen LogP contribution in [0.1, 0.15) is 91.5 Å². The standard InChI is InChI=1S/C38H47NO11/c1-17-12-10-13-18(2)37(47)39-24-16-25(41)27-28(33(24)45)32(44)22(6)35-29(27)36(46)38(8,50-35)15-11-14-26(48-9)19(3)34(49-23(7)40)21(5)31(43)20(4)30(17)42/h10-14,16-17,19-21,26,30-31,34,42-44H,15H2,1-9H3,(H,39,47)/t17-,19+,20+,21+,26-,30-,31+,34+,38+/m0/s1. The van der Waals surface area contributed by atoms with Gasteiger partial charge in [0.05, 0.1) is 40.7 Å². The third kappa shape index (κ3) is 7.10. The lowest BCUT2D eigenvalue weighted by molar-refractivity contribution is -0.160. The number of amides is 1. The number of benzene rings is 1. The van der Waals surface area contributed by atoms with E-state index < -0.39 is 94.2 Å². The number of hydrogen-bond acceptors (Lipinski definition) is 11. The normalized spacial score (nSPS) is 32.3. The Morgan fingerprint density at radius 1 is 0.960 bits per heavy atom. The number of fused-ring (bicyclic) bond motifs is 14. The number of methoxy groups -OCH3 is 1. The van der Waals surface area contributed by atoms with Gasteiger partial charge in [0.1, 0.15) is 17.6 Å². The number of carbonyl (C=O) groups is 5. The zero-order valence-corrected chi connectivity index (χ0v) is 29.9. The number of phenols is 1. The molecule has 0 saturated heterocycles. The first-order valence-electron chi connectivity index (χ1n) is 16.7. The van der Waals surface area contributed by atoms with Gasteiger partial charge in [-0.25, -0.2) is 0 Å². The van der Waals surface area contributed by atoms with Crippen molar-refractivity contribution in [3.8, 4) is 11.5 Å². The van der Waals surface area contributed by atoms with E-state index in [4.69, 9.17) is 14.2 Å². The molecule has 12 heteroatoms. The van der Waals surface area contributed by atoms with Crippen molar-refractivity contribution in [1.29, 1.82) is 0 Å². The van der Waals surface area contributed by atoms with E-state index in [1.54, 1.807) is 52.0 Å². The van der Waals surface area contributed by atoms with Crippen molar-refractivity contribution in [2.45, 2.75) is 91.8 Å². The number of Topliss-reactive ketones (excluding diaryl/α,β-unsaturated/α-hetero) is 2. The number of nitrogens with one attached hydrogen (secondary N) is 1. The van der Waals surface area contributed by atoms with Gasteiger partial charge in [-0.05, 0) is 20.8 Å². The van der Waals surface area contributed by atoms with Crippen molar-refractivity contribution < 1.29 is 53.5 Å². The highest BCUT2D eigenvalue weighted by Gasteiger charge is 2.49. The maximum atomic E-state index is 14.0. The van der Waals surface area contributed by atoms with E-state index in [1.807, 2.05) is 0 Å². The maximum absolute atomic E-state index is 14.0. The number of esters is 1. The highest BCUT2D eigenvalue weighted by molar-refractivity contribution is 6.31. The van der Waals surface area contributed by atoms with Crippen LogP contribution in [0, 0.1) is 30.6 Å². The quantitative estimate of drug-likeness (QED) is 0.258. The SMILES string of the molecule is CO[C@H]1C=CC[C@@]2(C)Oc3c(C)c(O)c4c(c3C2=O)C(=O)C=C(NC(=O)C(C)=CC=C[C@H](C)[C@H](O)[C@@H](C)[C@@H](O)[C@@H](C)[C@H](OC(C)=O)[C@@H]1C)C4=O. The van der Waals surface area contributed by atoms with Gasteiger partial charge in [0.25, 0.3) is 5.91 Å². The first-order valence-corrected chi connectivity index (χ1v) is 16.7. The minimum absolute atomic E-state index is 0.00198. The largest absolute Gasteiger partial charge is 0.507 e. The van der Waals surface area contributed by atoms with Crippen LogP contribution in [0.15, 0.2) is 47.7 Å². The molecule has 0 spiro atoms. The molecule has 1 aliphatic carbocycles. The molecular formula is C38H47NO11. The van der Waals surface area contributed by atoms with E-state index in [0.29, 0.717) is 0 Å². The number of carbonyl (C=O) groups excluding carboxylic acids is 5. The molecule has 5 bridgehead atoms. The van der Waals surface area contributed by atoms with E-state index in [2.05, 4.69) is 5.32 Å². The van der Waals surface area contributed by atoms with Crippen LogP contribution in [0.2, 0.25) is 0 Å². The number of ether oxygens (including phenoxy) is 3. The highest BCUT2D eigenvalue weighted by atomic mass is 16.5. The number of ketones is 3. The fourth-order valence-electron chi connectivity index (χ4n) is 6.93. The number of aliphatic hydroxyl groups is 2. The summed E-state index contributed by atoms with van der Waals surface area (Å²) in [5.74, 6) is -6.25. The predicted octanol–water partition coefficient (Wildman–Crippen LogP) is 4.09. The van der Waals surface area contributed by atoms with Gasteiger partial charge in [-0.15, -0.1) is 0 Å². The topological polar surface area (TPSA) is 186 Å². The second-order valence-electron chi connectivity index (χ2n) is 13.9. The van der Waals surface area contributed by atoms with E-state index in [-0.39, 0.29) is 40.1 Å². The Hall–Kier alpha value is -4.39. The minimum atomic E-state index is -1.53. The number of phenolic OH excluding ortho intramolecular Hbond substituents is 1. The van der Waals surface area contributed by atoms with Crippen LogP contribution in [0.25, 0.3) is 0 Å². The molecule has 1 amide bonds. The molecule has 0 unspecified atom stereocenters. The third-order valence-electron chi connectivity index (χ3n) is 10.2. The van der Waals surface area contributed by atoms with Crippen LogP contribution < -0.4 is 10.1 Å². The molecule has 9 atom stereocenters. The molecule has 3 heterocycles. The molecule has 1 aromatic carbocycles. The van der Waals surface area contributed by atoms with Crippen molar-refractivity contribution in [3.63, 3.8) is 0 Å². The van der Waals surface area contributed by atoms with Crippen LogP contribution >= 0.6 is 0 Å². The highest BCUT2D eigenvalue weighted by Crippen LogP contribution is 2.48. The fourth-order valence-corrected chi connectivity index (χ4v) is 6.93. The van der Waals surface area contributed by atoms with Crippen LogP contribution in [-0.4, -0.2) is 81.7 Å². The average Bonchev–Trinajstić information content (AvgIpc) is 3.33. The smallest absolute Gasteiger partial charge is 0.302 e. The van der Waals surface area contributed by atoms with E-state index >= 15 is 0 Å². The van der Waals surface area contributed by atoms with E-state index in [0.717, 1.165) is 6.08 Å². The monoisotopic (exact) mass is 693 g/mol. The number of hydrogen-bond donors (Lipinski definition) is 4. The average molecular weight is 694 g/mol. The molecule has 270 valence electrons. The Balaban J connectivity index is 1.83. The summed E-state index contributed by atoms with van der Waals surface area (Å²) < 4.78 is 17.6. The summed E-state index contributed by atoms with van der Waals surface area (Å²) in [4.78, 5) is 66.5. The summed E-state index contributed by atoms with van der Waals surface area (Å²) in [7, 11) is 1.48. The lowest BCUT2D eigenvalue weighted by Crippen LogP contribution is -2.46. The molecule has 3 aliphatic heterocycles. The summed E-state index contributed by atoms with van der Waals surface area (Å²) in [6.07, 6.45) is 5.35. The third-order valence-corrected chi connectivity index (χ3v) is 10.2. The Kier molecular flexibility index (Phi) is 11.4. The van der Waals surface area contributed by atoms with Crippen LogP contribution in [-0.2, 0) is 19.1 Å². The van der Waals surface area contributed by atoms with Crippen LogP contribution in [0.4, 0.5) is 0 Å². The maximum Gasteiger partial charge on any atom is 0.302 e. The lowest BCUT2D eigenvalue weighted by Gasteiger charge is -2.38. The lowest BCUT2D eigenvalue weighted by atomic mass is 9.78. The summed E-state index contributed by atoms with van der Waals surface area (Å²) in [6.45, 7) is 12.7. The first-order chi connectivity index (χ1) is 23.4. The number of rotatable bonds is 2. The number of aromatic hydroxyl groups is 1. The molecule has 0 radical (unpaired) electrons. The van der Waals surface area contributed by atoms with Gasteiger partial charge in [-0.1, -0.05) is 58.1 Å². The second-order valence-corrected chi connectivity index (χ2v) is 13.9. The molecule has 0 fully saturated rings. The summed E-state index contributed by atoms with van der Waals surface area (Å²) in [5, 5.41) is 36.2. The van der Waals surface area contributed by atoms with Gasteiger partial charge in [-0.2, -0.15) is 0 Å². The summed E-state index contributed by atoms with van der Waals surface area (Å²) >= 11 is 0. The zero-order chi connectivity index (χ0) is 37.4. The minimum Gasteiger partial charge on any atom is -0.507 e. The van der Waals surface area contributed by atoms with Gasteiger partial charge in [0.2, 0.25) is 11.6 Å². The summed E-state index contributed by atoms with van der Waals surface area (Å²) in [6, 6.07) is 0. The first kappa shape index (κ1) is 38.4. The summed E-state index contributed by atoms with van der Waals surface area (Å²) in [5.41, 5.74) is -2.45. The van der Waals surface area contributed by atoms with Crippen molar-refractivity contribution in [1.82, 2.24) is 5.32 Å². The predicted molar refractivity (Wildman–Crippen MR) is 183 cm³/mol. The van der Waals surface area contributed by atoms with Crippen LogP contribution in [0.3, 0.4) is 0 Å². The van der Waals surface area contributed by atoms with E-state index in [9.17, 15) is 39.3 Å². The number of aliphatic hydroxyl groups excluding tert-OH is 2. The molecule has 12 nitrogen and oxygen atoms in total. The van der Waals surface area contributed by atoms with Crippen molar-refractivity contribution in [2.75, 3.05) is 7.11 Å². The molecular weight excluding hydrogens is 646 g/mol. The van der Waals surface area contributed by atoms with Gasteiger partial charge in [0.15, 0.2) is 11.4 Å². The van der Waals surface area contributed by atoms with Crippen molar-refractivity contribution in [3.05, 3.63) is 70.0 Å². The Morgan fingerprint density at radius 3 is 2.24 bits per heavy atom. The van der Waals surface area contributed by atoms with Crippen LogP contribution in [0.5, 0.6) is 11.5 Å². The molecule has 0 saturated carbocycles. The molecule has 4 aliphatic rings. The van der Waals surface area contributed by atoms with Gasteiger partial charge < -0.3 is 34.8 Å². The zero-order valence-electron chi connectivity index (χ0n) is 29.9. The number of allylic oxidation sites excluding steroid dienone is 4. The van der Waals surface area contributed by atoms with E-state index in [1.165, 1.54) is 40.9 Å². The van der Waals surface area contributed by atoms with Gasteiger partial charge >= 0.3 is 5.97 Å². The molecule has 50 heavy (non-hydrogen) atoms. The molecule has 0 aromatic heterocycles. The fraction of sp³-hybridized carbons (Fsp3) is 0.500. The molecule has 4 N–H and O–H groups in total. The van der Waals surface area contributed by atoms with Crippen molar-refractivity contribution in [2.24, 2.45) is 23.7 Å². The van der Waals surface area contributed by atoms with Gasteiger partial charge in [0, 0.05) is 61.3 Å². The Bertz CT molecular complexity index is 1720. The second kappa shape index (κ2) is 14.8. The Morgan fingerprint density at radius 2 is 1.62 bits per heavy atom. The van der Waals surface area contributed by atoms with Crippen molar-refractivity contribution >= 4 is 29.2 Å². The Labute approximate surface area is 291 Å². The van der Waals surface area contributed by atoms with Gasteiger partial charge in [-0.3, -0.25) is 24.0 Å². The molecule has 5 rings (SSSR count).